The van der Waals surface area contributed by atoms with Crippen LogP contribution in [0.5, 0.6) is 0 Å². The predicted octanol–water partition coefficient (Wildman–Crippen LogP) is 3.69. The van der Waals surface area contributed by atoms with E-state index in [4.69, 9.17) is 9.47 Å². The third-order valence-corrected chi connectivity index (χ3v) is 3.90. The molecule has 2 rings (SSSR count). The molecule has 1 aliphatic heterocycles. The average Bonchev–Trinajstić information content (AvgIpc) is 2.33. The van der Waals surface area contributed by atoms with Crippen molar-refractivity contribution < 1.29 is 9.47 Å². The Morgan fingerprint density at radius 1 is 1.25 bits per heavy atom. The smallest absolute Gasteiger partial charge is 0.0970 e. The normalized spacial score (nSPS) is 17.6. The molecular formula is C12H15BrO2S. The molecule has 1 aromatic carbocycles. The van der Waals surface area contributed by atoms with Crippen molar-refractivity contribution in [3.05, 3.63) is 28.7 Å². The SMILES string of the molecule is Brc1ccc(SCOC2CCOCC2)cc1. The minimum atomic E-state index is 0.386. The Bertz CT molecular complexity index is 309. The van der Waals surface area contributed by atoms with Gasteiger partial charge in [0.1, 0.15) is 0 Å². The van der Waals surface area contributed by atoms with Crippen LogP contribution in [0.3, 0.4) is 0 Å². The van der Waals surface area contributed by atoms with Crippen LogP contribution in [0, 0.1) is 0 Å². The van der Waals surface area contributed by atoms with Crippen LogP contribution in [0.1, 0.15) is 12.8 Å². The monoisotopic (exact) mass is 302 g/mol. The Morgan fingerprint density at radius 3 is 2.62 bits per heavy atom. The van der Waals surface area contributed by atoms with E-state index in [0.29, 0.717) is 6.10 Å². The molecule has 0 amide bonds. The van der Waals surface area contributed by atoms with Crippen LogP contribution < -0.4 is 0 Å². The van der Waals surface area contributed by atoms with Gasteiger partial charge < -0.3 is 9.47 Å². The van der Waals surface area contributed by atoms with Gasteiger partial charge >= 0.3 is 0 Å². The van der Waals surface area contributed by atoms with Crippen molar-refractivity contribution in [2.24, 2.45) is 0 Å². The summed E-state index contributed by atoms with van der Waals surface area (Å²) in [5.41, 5.74) is 0. The maximum absolute atomic E-state index is 5.79. The standard InChI is InChI=1S/C12H15BrO2S/c13-10-1-3-12(4-2-10)16-9-15-11-5-7-14-8-6-11/h1-4,11H,5-9H2. The number of thioether (sulfide) groups is 1. The Balaban J connectivity index is 1.69. The van der Waals surface area contributed by atoms with Gasteiger partial charge in [-0.2, -0.15) is 0 Å². The fraction of sp³-hybridized carbons (Fsp3) is 0.500. The van der Waals surface area contributed by atoms with Gasteiger partial charge in [-0.15, -0.1) is 0 Å². The van der Waals surface area contributed by atoms with Crippen LogP contribution in [0.25, 0.3) is 0 Å². The van der Waals surface area contributed by atoms with Gasteiger partial charge in [0, 0.05) is 22.6 Å². The van der Waals surface area contributed by atoms with Crippen molar-refractivity contribution in [2.45, 2.75) is 23.8 Å². The summed E-state index contributed by atoms with van der Waals surface area (Å²) in [5.74, 6) is 0.728. The highest BCUT2D eigenvalue weighted by Gasteiger charge is 2.13. The first-order chi connectivity index (χ1) is 7.84. The van der Waals surface area contributed by atoms with E-state index in [-0.39, 0.29) is 0 Å². The molecule has 0 aliphatic carbocycles. The molecule has 16 heavy (non-hydrogen) atoms. The molecule has 1 aliphatic rings. The Labute approximate surface area is 109 Å². The van der Waals surface area contributed by atoms with Crippen LogP contribution in [0.15, 0.2) is 33.6 Å². The summed E-state index contributed by atoms with van der Waals surface area (Å²) < 4.78 is 12.2. The van der Waals surface area contributed by atoms with E-state index in [2.05, 4.69) is 40.2 Å². The molecule has 88 valence electrons. The van der Waals surface area contributed by atoms with Gasteiger partial charge in [0.15, 0.2) is 0 Å². The highest BCUT2D eigenvalue weighted by Crippen LogP contribution is 2.22. The van der Waals surface area contributed by atoms with Crippen LogP contribution in [0.4, 0.5) is 0 Å². The Hall–Kier alpha value is -0.0300. The maximum atomic E-state index is 5.79. The van der Waals surface area contributed by atoms with Gasteiger partial charge in [0.05, 0.1) is 12.0 Å². The summed E-state index contributed by atoms with van der Waals surface area (Å²) in [6.07, 6.45) is 2.44. The highest BCUT2D eigenvalue weighted by atomic mass is 79.9. The van der Waals surface area contributed by atoms with Crippen molar-refractivity contribution >= 4 is 27.7 Å². The molecule has 0 saturated carbocycles. The molecule has 1 heterocycles. The average molecular weight is 303 g/mol. The second-order valence-electron chi connectivity index (χ2n) is 3.69. The molecular weight excluding hydrogens is 288 g/mol. The predicted molar refractivity (Wildman–Crippen MR) is 69.8 cm³/mol. The molecule has 4 heteroatoms. The molecule has 1 fully saturated rings. The molecule has 0 bridgehead atoms. The molecule has 0 atom stereocenters. The van der Waals surface area contributed by atoms with Crippen molar-refractivity contribution in [1.29, 1.82) is 0 Å². The number of benzene rings is 1. The number of halogens is 1. The molecule has 0 spiro atoms. The summed E-state index contributed by atoms with van der Waals surface area (Å²) in [6, 6.07) is 8.30. The van der Waals surface area contributed by atoms with E-state index in [0.717, 1.165) is 36.5 Å². The van der Waals surface area contributed by atoms with E-state index >= 15 is 0 Å². The first-order valence-electron chi connectivity index (χ1n) is 5.42. The largest absolute Gasteiger partial charge is 0.381 e. The molecule has 1 saturated heterocycles. The number of hydrogen-bond donors (Lipinski definition) is 0. The van der Waals surface area contributed by atoms with Crippen molar-refractivity contribution in [3.63, 3.8) is 0 Å². The van der Waals surface area contributed by atoms with Crippen LogP contribution in [-0.2, 0) is 9.47 Å². The van der Waals surface area contributed by atoms with Gasteiger partial charge in [0.25, 0.3) is 0 Å². The first kappa shape index (κ1) is 12.4. The number of hydrogen-bond acceptors (Lipinski definition) is 3. The quantitative estimate of drug-likeness (QED) is 0.624. The zero-order valence-electron chi connectivity index (χ0n) is 9.02. The van der Waals surface area contributed by atoms with Crippen molar-refractivity contribution in [2.75, 3.05) is 19.2 Å². The lowest BCUT2D eigenvalue weighted by atomic mass is 10.2. The molecule has 2 nitrogen and oxygen atoms in total. The van der Waals surface area contributed by atoms with E-state index in [1.165, 1.54) is 4.90 Å². The van der Waals surface area contributed by atoms with Crippen molar-refractivity contribution in [1.82, 2.24) is 0 Å². The van der Waals surface area contributed by atoms with E-state index in [9.17, 15) is 0 Å². The third-order valence-electron chi connectivity index (χ3n) is 2.51. The fourth-order valence-corrected chi connectivity index (χ4v) is 2.56. The fourth-order valence-electron chi connectivity index (χ4n) is 1.57. The van der Waals surface area contributed by atoms with Crippen LogP contribution in [-0.4, -0.2) is 25.3 Å². The topological polar surface area (TPSA) is 18.5 Å². The van der Waals surface area contributed by atoms with Gasteiger partial charge in [0.2, 0.25) is 0 Å². The van der Waals surface area contributed by atoms with E-state index in [1.54, 1.807) is 11.8 Å². The molecule has 0 N–H and O–H groups in total. The van der Waals surface area contributed by atoms with Gasteiger partial charge in [-0.25, -0.2) is 0 Å². The summed E-state index contributed by atoms with van der Waals surface area (Å²) in [6.45, 7) is 1.68. The van der Waals surface area contributed by atoms with Crippen molar-refractivity contribution in [3.8, 4) is 0 Å². The summed E-state index contributed by atoms with van der Waals surface area (Å²) in [5, 5.41) is 0. The molecule has 0 aromatic heterocycles. The number of rotatable bonds is 4. The third kappa shape index (κ3) is 4.09. The van der Waals surface area contributed by atoms with E-state index < -0.39 is 0 Å². The Kier molecular flexibility index (Phi) is 5.16. The first-order valence-corrected chi connectivity index (χ1v) is 7.20. The molecule has 1 aromatic rings. The molecule has 0 radical (unpaired) electrons. The zero-order chi connectivity index (χ0) is 11.2. The van der Waals surface area contributed by atoms with Gasteiger partial charge in [-0.3, -0.25) is 0 Å². The lowest BCUT2D eigenvalue weighted by molar-refractivity contribution is -0.0152. The highest BCUT2D eigenvalue weighted by molar-refractivity contribution is 9.10. The molecule has 0 unspecified atom stereocenters. The summed E-state index contributed by atoms with van der Waals surface area (Å²) in [7, 11) is 0. The maximum Gasteiger partial charge on any atom is 0.0970 e. The minimum absolute atomic E-state index is 0.386. The second kappa shape index (κ2) is 6.64. The second-order valence-corrected chi connectivity index (χ2v) is 5.61. The van der Waals surface area contributed by atoms with Crippen LogP contribution >= 0.6 is 27.7 Å². The number of ether oxygens (including phenoxy) is 2. The zero-order valence-corrected chi connectivity index (χ0v) is 11.4. The Morgan fingerprint density at radius 2 is 1.94 bits per heavy atom. The summed E-state index contributed by atoms with van der Waals surface area (Å²) in [4.78, 5) is 1.25. The van der Waals surface area contributed by atoms with Gasteiger partial charge in [-0.05, 0) is 37.1 Å². The lowest BCUT2D eigenvalue weighted by Crippen LogP contribution is -2.23. The van der Waals surface area contributed by atoms with Gasteiger partial charge in [-0.1, -0.05) is 27.7 Å². The lowest BCUT2D eigenvalue weighted by Gasteiger charge is -2.22. The van der Waals surface area contributed by atoms with E-state index in [1.807, 2.05) is 0 Å². The summed E-state index contributed by atoms with van der Waals surface area (Å²) >= 11 is 5.16. The van der Waals surface area contributed by atoms with Crippen LogP contribution in [0.2, 0.25) is 0 Å². The minimum Gasteiger partial charge on any atom is -0.381 e.